The Labute approximate surface area is 103 Å². The molecule has 0 aliphatic heterocycles. The zero-order chi connectivity index (χ0) is 12.0. The number of hydrogen-bond donors (Lipinski definition) is 1. The third-order valence-corrected chi connectivity index (χ3v) is 4.00. The molecule has 0 saturated heterocycles. The normalized spacial score (nSPS) is 13.3. The minimum absolute atomic E-state index is 0.440. The summed E-state index contributed by atoms with van der Waals surface area (Å²) in [5, 5.41) is 7.81. The Kier molecular flexibility index (Phi) is 5.91. The second-order valence-corrected chi connectivity index (χ2v) is 4.84. The lowest BCUT2D eigenvalue weighted by molar-refractivity contribution is 0.349. The van der Waals surface area contributed by atoms with Gasteiger partial charge in [0.15, 0.2) is 0 Å². The van der Waals surface area contributed by atoms with Crippen LogP contribution in [0.25, 0.3) is 0 Å². The summed E-state index contributed by atoms with van der Waals surface area (Å²) >= 11 is 1.56. The molecule has 0 spiro atoms. The average molecular weight is 241 g/mol. The van der Waals surface area contributed by atoms with Crippen molar-refractivity contribution in [3.05, 3.63) is 10.6 Å². The Bertz CT molecular complexity index is 294. The molecule has 4 heteroatoms. The van der Waals surface area contributed by atoms with E-state index in [-0.39, 0.29) is 0 Å². The topological polar surface area (TPSA) is 37.8 Å². The smallest absolute Gasteiger partial charge is 0.0801 e. The van der Waals surface area contributed by atoms with E-state index in [1.165, 1.54) is 23.4 Å². The van der Waals surface area contributed by atoms with E-state index >= 15 is 0 Å². The summed E-state index contributed by atoms with van der Waals surface area (Å²) < 4.78 is 4.10. The van der Waals surface area contributed by atoms with Crippen LogP contribution in [-0.4, -0.2) is 16.1 Å². The number of rotatable bonds is 7. The average Bonchev–Trinajstić information content (AvgIpc) is 2.77. The number of hydrogen-bond acceptors (Lipinski definition) is 4. The van der Waals surface area contributed by atoms with E-state index in [0.29, 0.717) is 12.0 Å². The third kappa shape index (κ3) is 3.01. The Hall–Kier alpha value is -0.480. The highest BCUT2D eigenvalue weighted by atomic mass is 32.1. The minimum Gasteiger partial charge on any atom is -0.309 e. The summed E-state index contributed by atoms with van der Waals surface area (Å²) in [6.45, 7) is 9.84. The van der Waals surface area contributed by atoms with Crippen LogP contribution >= 0.6 is 11.5 Å². The molecule has 1 atom stereocenters. The first-order valence-electron chi connectivity index (χ1n) is 6.32. The van der Waals surface area contributed by atoms with Crippen molar-refractivity contribution in [1.29, 1.82) is 0 Å². The van der Waals surface area contributed by atoms with E-state index in [1.807, 2.05) is 0 Å². The van der Waals surface area contributed by atoms with Crippen LogP contribution in [0.15, 0.2) is 0 Å². The summed E-state index contributed by atoms with van der Waals surface area (Å²) in [7, 11) is 0. The van der Waals surface area contributed by atoms with Crippen LogP contribution in [-0.2, 0) is 6.42 Å². The molecule has 0 aliphatic rings. The molecule has 0 saturated carbocycles. The Morgan fingerprint density at radius 1 is 1.19 bits per heavy atom. The van der Waals surface area contributed by atoms with Gasteiger partial charge >= 0.3 is 0 Å². The van der Waals surface area contributed by atoms with Crippen molar-refractivity contribution < 1.29 is 0 Å². The molecule has 0 radical (unpaired) electrons. The van der Waals surface area contributed by atoms with E-state index in [1.54, 1.807) is 11.5 Å². The van der Waals surface area contributed by atoms with Gasteiger partial charge in [-0.25, -0.2) is 0 Å². The zero-order valence-electron chi connectivity index (χ0n) is 10.8. The van der Waals surface area contributed by atoms with Crippen LogP contribution < -0.4 is 5.32 Å². The molecule has 1 heterocycles. The SMILES string of the molecule is CCNC(c1snnc1CC)C(CC)CC. The lowest BCUT2D eigenvalue weighted by atomic mass is 9.92. The van der Waals surface area contributed by atoms with E-state index in [4.69, 9.17) is 0 Å². The molecular formula is C12H23N3S. The Morgan fingerprint density at radius 3 is 2.38 bits per heavy atom. The molecule has 1 unspecified atom stereocenters. The maximum Gasteiger partial charge on any atom is 0.0801 e. The largest absolute Gasteiger partial charge is 0.309 e. The number of nitrogens with one attached hydrogen (secondary N) is 1. The van der Waals surface area contributed by atoms with Crippen molar-refractivity contribution in [1.82, 2.24) is 14.9 Å². The first-order valence-corrected chi connectivity index (χ1v) is 7.10. The molecule has 1 aromatic heterocycles. The standard InChI is InChI=1S/C12H23N3S/c1-5-9(6-2)11(13-8-4)12-10(7-3)14-15-16-12/h9,11,13H,5-8H2,1-4H3. The van der Waals surface area contributed by atoms with Gasteiger partial charge in [0.2, 0.25) is 0 Å². The van der Waals surface area contributed by atoms with Gasteiger partial charge in [-0.2, -0.15) is 0 Å². The fraction of sp³-hybridized carbons (Fsp3) is 0.833. The van der Waals surface area contributed by atoms with Gasteiger partial charge < -0.3 is 5.32 Å². The molecule has 1 N–H and O–H groups in total. The molecule has 3 nitrogen and oxygen atoms in total. The number of nitrogens with zero attached hydrogens (tertiary/aromatic N) is 2. The summed E-state index contributed by atoms with van der Waals surface area (Å²) in [5.74, 6) is 0.687. The molecule has 1 rings (SSSR count). The first kappa shape index (κ1) is 13.6. The van der Waals surface area contributed by atoms with Crippen LogP contribution in [0, 0.1) is 5.92 Å². The highest BCUT2D eigenvalue weighted by Gasteiger charge is 2.24. The molecule has 0 bridgehead atoms. The summed E-state index contributed by atoms with van der Waals surface area (Å²) in [6, 6.07) is 0.440. The van der Waals surface area contributed by atoms with Gasteiger partial charge in [0.05, 0.1) is 10.6 Å². The molecule has 0 amide bonds. The molecule has 0 fully saturated rings. The van der Waals surface area contributed by atoms with Crippen LogP contribution in [0.1, 0.15) is 57.1 Å². The quantitative estimate of drug-likeness (QED) is 0.796. The summed E-state index contributed by atoms with van der Waals surface area (Å²) in [6.07, 6.45) is 3.39. The van der Waals surface area contributed by atoms with Crippen molar-refractivity contribution in [2.45, 2.75) is 53.0 Å². The van der Waals surface area contributed by atoms with E-state index < -0.39 is 0 Å². The lowest BCUT2D eigenvalue weighted by Crippen LogP contribution is -2.27. The van der Waals surface area contributed by atoms with Gasteiger partial charge in [0.25, 0.3) is 0 Å². The van der Waals surface area contributed by atoms with Crippen LogP contribution in [0.2, 0.25) is 0 Å². The molecular weight excluding hydrogens is 218 g/mol. The molecule has 1 aromatic rings. The Balaban J connectivity index is 2.91. The van der Waals surface area contributed by atoms with Crippen molar-refractivity contribution in [3.8, 4) is 0 Å². The second-order valence-electron chi connectivity index (χ2n) is 4.05. The molecule has 16 heavy (non-hydrogen) atoms. The van der Waals surface area contributed by atoms with Crippen LogP contribution in [0.5, 0.6) is 0 Å². The monoisotopic (exact) mass is 241 g/mol. The fourth-order valence-corrected chi connectivity index (χ4v) is 3.06. The lowest BCUT2D eigenvalue weighted by Gasteiger charge is -2.25. The highest BCUT2D eigenvalue weighted by molar-refractivity contribution is 7.05. The van der Waals surface area contributed by atoms with E-state index in [0.717, 1.165) is 13.0 Å². The maximum absolute atomic E-state index is 4.22. The maximum atomic E-state index is 4.22. The molecule has 0 aliphatic carbocycles. The van der Waals surface area contributed by atoms with Crippen molar-refractivity contribution in [3.63, 3.8) is 0 Å². The minimum atomic E-state index is 0.440. The van der Waals surface area contributed by atoms with Crippen molar-refractivity contribution >= 4 is 11.5 Å². The van der Waals surface area contributed by atoms with Gasteiger partial charge in [0.1, 0.15) is 0 Å². The summed E-state index contributed by atoms with van der Waals surface area (Å²) in [5.41, 5.74) is 1.17. The highest BCUT2D eigenvalue weighted by Crippen LogP contribution is 2.31. The third-order valence-electron chi connectivity index (χ3n) is 3.15. The van der Waals surface area contributed by atoms with Crippen LogP contribution in [0.4, 0.5) is 0 Å². The second kappa shape index (κ2) is 6.97. The number of aromatic nitrogens is 2. The van der Waals surface area contributed by atoms with Gasteiger partial charge in [-0.3, -0.25) is 0 Å². The molecule has 0 aromatic carbocycles. The van der Waals surface area contributed by atoms with Crippen molar-refractivity contribution in [2.75, 3.05) is 6.54 Å². The fourth-order valence-electron chi connectivity index (χ4n) is 2.15. The number of aryl methyl sites for hydroxylation is 1. The van der Waals surface area contributed by atoms with Crippen LogP contribution in [0.3, 0.4) is 0 Å². The predicted molar refractivity (Wildman–Crippen MR) is 69.8 cm³/mol. The van der Waals surface area contributed by atoms with Gasteiger partial charge in [-0.15, -0.1) is 5.10 Å². The predicted octanol–water partition coefficient (Wildman–Crippen LogP) is 3.19. The van der Waals surface area contributed by atoms with E-state index in [2.05, 4.69) is 42.6 Å². The van der Waals surface area contributed by atoms with Gasteiger partial charge in [-0.05, 0) is 30.4 Å². The summed E-state index contributed by atoms with van der Waals surface area (Å²) in [4.78, 5) is 1.35. The van der Waals surface area contributed by atoms with Crippen molar-refractivity contribution in [2.24, 2.45) is 5.92 Å². The molecule has 92 valence electrons. The van der Waals surface area contributed by atoms with E-state index in [9.17, 15) is 0 Å². The van der Waals surface area contributed by atoms with Gasteiger partial charge in [-0.1, -0.05) is 45.0 Å². The first-order chi connectivity index (χ1) is 7.78. The van der Waals surface area contributed by atoms with Gasteiger partial charge in [0, 0.05) is 6.04 Å². The zero-order valence-corrected chi connectivity index (χ0v) is 11.6. The Morgan fingerprint density at radius 2 is 1.88 bits per heavy atom.